The Kier molecular flexibility index (Phi) is 5.39. The average molecular weight is 290 g/mol. The number of hydrogen-bond donors (Lipinski definition) is 2. The topological polar surface area (TPSA) is 50.9 Å². The first-order valence-electron chi connectivity index (χ1n) is 6.88. The molecule has 0 saturated carbocycles. The molecule has 2 rings (SSSR count). The van der Waals surface area contributed by atoms with E-state index < -0.39 is 0 Å². The van der Waals surface area contributed by atoms with Crippen molar-refractivity contribution in [3.05, 3.63) is 58.9 Å². The van der Waals surface area contributed by atoms with Crippen molar-refractivity contribution < 1.29 is 0 Å². The number of nitrogens with one attached hydrogen (secondary N) is 1. The average Bonchev–Trinajstić information content (AvgIpc) is 2.46. The molecule has 4 heteroatoms. The number of anilines is 1. The lowest BCUT2D eigenvalue weighted by molar-refractivity contribution is 0.529. The smallest absolute Gasteiger partial charge is 0.0406 e. The molecule has 0 aliphatic carbocycles. The van der Waals surface area contributed by atoms with E-state index in [1.807, 2.05) is 24.4 Å². The maximum Gasteiger partial charge on any atom is 0.0406 e. The SMILES string of the molecule is CCCNC(Cc1ccc(Cl)cc1)c1cnccc1N. The summed E-state index contributed by atoms with van der Waals surface area (Å²) in [4.78, 5) is 4.19. The molecule has 106 valence electrons. The van der Waals surface area contributed by atoms with E-state index in [0.717, 1.165) is 35.7 Å². The van der Waals surface area contributed by atoms with Gasteiger partial charge >= 0.3 is 0 Å². The minimum absolute atomic E-state index is 0.171. The van der Waals surface area contributed by atoms with E-state index in [-0.39, 0.29) is 6.04 Å². The molecule has 3 N–H and O–H groups in total. The minimum atomic E-state index is 0.171. The van der Waals surface area contributed by atoms with Crippen LogP contribution in [0.4, 0.5) is 5.69 Å². The highest BCUT2D eigenvalue weighted by molar-refractivity contribution is 6.30. The summed E-state index contributed by atoms with van der Waals surface area (Å²) in [5.41, 5.74) is 9.13. The van der Waals surface area contributed by atoms with Gasteiger partial charge in [-0.05, 0) is 43.1 Å². The Balaban J connectivity index is 2.19. The van der Waals surface area contributed by atoms with Crippen LogP contribution in [0, 0.1) is 0 Å². The van der Waals surface area contributed by atoms with Gasteiger partial charge < -0.3 is 11.1 Å². The first kappa shape index (κ1) is 14.8. The van der Waals surface area contributed by atoms with Crippen molar-refractivity contribution >= 4 is 17.3 Å². The van der Waals surface area contributed by atoms with Gasteiger partial charge in [-0.1, -0.05) is 30.7 Å². The minimum Gasteiger partial charge on any atom is -0.398 e. The van der Waals surface area contributed by atoms with Crippen LogP contribution in [0.5, 0.6) is 0 Å². The highest BCUT2D eigenvalue weighted by atomic mass is 35.5. The second-order valence-electron chi connectivity index (χ2n) is 4.84. The predicted octanol–water partition coefficient (Wildman–Crippen LogP) is 3.60. The molecule has 0 saturated heterocycles. The van der Waals surface area contributed by atoms with Crippen LogP contribution in [0.3, 0.4) is 0 Å². The third-order valence-electron chi connectivity index (χ3n) is 3.26. The van der Waals surface area contributed by atoms with Gasteiger partial charge in [-0.25, -0.2) is 0 Å². The first-order chi connectivity index (χ1) is 9.70. The molecule has 0 bridgehead atoms. The van der Waals surface area contributed by atoms with Gasteiger partial charge in [-0.15, -0.1) is 0 Å². The fourth-order valence-electron chi connectivity index (χ4n) is 2.18. The molecule has 1 heterocycles. The van der Waals surface area contributed by atoms with Gasteiger partial charge in [0.1, 0.15) is 0 Å². The molecule has 0 fully saturated rings. The molecule has 0 spiro atoms. The van der Waals surface area contributed by atoms with E-state index in [4.69, 9.17) is 17.3 Å². The summed E-state index contributed by atoms with van der Waals surface area (Å²) in [7, 11) is 0. The molecule has 20 heavy (non-hydrogen) atoms. The molecular formula is C16H20ClN3. The number of nitrogens with zero attached hydrogens (tertiary/aromatic N) is 1. The maximum atomic E-state index is 6.07. The van der Waals surface area contributed by atoms with Crippen LogP contribution in [0.15, 0.2) is 42.7 Å². The molecule has 0 radical (unpaired) electrons. The Bertz CT molecular complexity index is 540. The lowest BCUT2D eigenvalue weighted by atomic mass is 9.99. The molecule has 3 nitrogen and oxygen atoms in total. The normalized spacial score (nSPS) is 12.3. The van der Waals surface area contributed by atoms with Crippen LogP contribution in [-0.2, 0) is 6.42 Å². The van der Waals surface area contributed by atoms with E-state index in [1.54, 1.807) is 6.20 Å². The second kappa shape index (κ2) is 7.27. The van der Waals surface area contributed by atoms with Crippen molar-refractivity contribution in [3.8, 4) is 0 Å². The Morgan fingerprint density at radius 2 is 2.00 bits per heavy atom. The summed E-state index contributed by atoms with van der Waals surface area (Å²) >= 11 is 5.93. The second-order valence-corrected chi connectivity index (χ2v) is 5.28. The van der Waals surface area contributed by atoms with E-state index in [0.29, 0.717) is 0 Å². The summed E-state index contributed by atoms with van der Waals surface area (Å²) < 4.78 is 0. The Morgan fingerprint density at radius 3 is 2.65 bits per heavy atom. The first-order valence-corrected chi connectivity index (χ1v) is 7.25. The molecule has 0 amide bonds. The summed E-state index contributed by atoms with van der Waals surface area (Å²) in [6.45, 7) is 3.10. The number of hydrogen-bond acceptors (Lipinski definition) is 3. The van der Waals surface area contributed by atoms with E-state index in [1.165, 1.54) is 5.56 Å². The number of benzene rings is 1. The molecule has 2 aromatic rings. The van der Waals surface area contributed by atoms with Crippen molar-refractivity contribution in [1.82, 2.24) is 10.3 Å². The highest BCUT2D eigenvalue weighted by Crippen LogP contribution is 2.23. The largest absolute Gasteiger partial charge is 0.398 e. The number of nitrogen functional groups attached to an aromatic ring is 1. The lowest BCUT2D eigenvalue weighted by Crippen LogP contribution is -2.25. The highest BCUT2D eigenvalue weighted by Gasteiger charge is 2.14. The fraction of sp³-hybridized carbons (Fsp3) is 0.312. The van der Waals surface area contributed by atoms with Crippen molar-refractivity contribution in [2.24, 2.45) is 0 Å². The standard InChI is InChI=1S/C16H20ClN3/c1-2-8-20-16(14-11-19-9-7-15(14)18)10-12-3-5-13(17)6-4-12/h3-7,9,11,16,20H,2,8,10H2,1H3,(H2,18,19). The molecule has 1 unspecified atom stereocenters. The van der Waals surface area contributed by atoms with Crippen LogP contribution in [0.25, 0.3) is 0 Å². The van der Waals surface area contributed by atoms with Crippen molar-refractivity contribution in [3.63, 3.8) is 0 Å². The van der Waals surface area contributed by atoms with Gasteiger partial charge in [0, 0.05) is 34.7 Å². The van der Waals surface area contributed by atoms with Crippen LogP contribution in [0.1, 0.15) is 30.5 Å². The Hall–Kier alpha value is -1.58. The van der Waals surface area contributed by atoms with Crippen molar-refractivity contribution in [1.29, 1.82) is 0 Å². The quantitative estimate of drug-likeness (QED) is 0.854. The number of aromatic nitrogens is 1. The van der Waals surface area contributed by atoms with Gasteiger partial charge in [0.2, 0.25) is 0 Å². The monoisotopic (exact) mass is 289 g/mol. The van der Waals surface area contributed by atoms with Gasteiger partial charge in [0.05, 0.1) is 0 Å². The zero-order chi connectivity index (χ0) is 14.4. The zero-order valence-electron chi connectivity index (χ0n) is 11.6. The van der Waals surface area contributed by atoms with Crippen LogP contribution in [0.2, 0.25) is 5.02 Å². The fourth-order valence-corrected chi connectivity index (χ4v) is 2.30. The number of nitrogens with two attached hydrogens (primary N) is 1. The van der Waals surface area contributed by atoms with Crippen LogP contribution < -0.4 is 11.1 Å². The van der Waals surface area contributed by atoms with Crippen LogP contribution in [-0.4, -0.2) is 11.5 Å². The lowest BCUT2D eigenvalue weighted by Gasteiger charge is -2.20. The summed E-state index contributed by atoms with van der Waals surface area (Å²) in [6.07, 6.45) is 5.51. The van der Waals surface area contributed by atoms with Gasteiger partial charge in [-0.2, -0.15) is 0 Å². The Labute approximate surface area is 125 Å². The Morgan fingerprint density at radius 1 is 1.25 bits per heavy atom. The predicted molar refractivity (Wildman–Crippen MR) is 84.8 cm³/mol. The van der Waals surface area contributed by atoms with E-state index >= 15 is 0 Å². The van der Waals surface area contributed by atoms with E-state index in [2.05, 4.69) is 29.4 Å². The number of halogens is 1. The van der Waals surface area contributed by atoms with Gasteiger partial charge in [0.15, 0.2) is 0 Å². The van der Waals surface area contributed by atoms with Crippen LogP contribution >= 0.6 is 11.6 Å². The molecule has 0 aliphatic heterocycles. The molecule has 0 aliphatic rings. The molecule has 1 aromatic carbocycles. The molecular weight excluding hydrogens is 270 g/mol. The zero-order valence-corrected chi connectivity index (χ0v) is 12.4. The molecule has 1 aromatic heterocycles. The van der Waals surface area contributed by atoms with Crippen molar-refractivity contribution in [2.75, 3.05) is 12.3 Å². The third kappa shape index (κ3) is 3.95. The van der Waals surface area contributed by atoms with Gasteiger partial charge in [-0.3, -0.25) is 4.98 Å². The summed E-state index contributed by atoms with van der Waals surface area (Å²) in [5, 5.41) is 4.29. The summed E-state index contributed by atoms with van der Waals surface area (Å²) in [5.74, 6) is 0. The number of rotatable bonds is 6. The third-order valence-corrected chi connectivity index (χ3v) is 3.51. The van der Waals surface area contributed by atoms with Gasteiger partial charge in [0.25, 0.3) is 0 Å². The molecule has 1 atom stereocenters. The van der Waals surface area contributed by atoms with Crippen molar-refractivity contribution in [2.45, 2.75) is 25.8 Å². The summed E-state index contributed by atoms with van der Waals surface area (Å²) in [6, 6.07) is 9.95. The van der Waals surface area contributed by atoms with E-state index in [9.17, 15) is 0 Å². The number of pyridine rings is 1. The maximum absolute atomic E-state index is 6.07.